The summed E-state index contributed by atoms with van der Waals surface area (Å²) in [5, 5.41) is 3.66. The summed E-state index contributed by atoms with van der Waals surface area (Å²) in [6, 6.07) is 5.97. The highest BCUT2D eigenvalue weighted by atomic mass is 32.1. The number of hydrogen-bond acceptors (Lipinski definition) is 5. The van der Waals surface area contributed by atoms with Crippen LogP contribution in [-0.2, 0) is 11.0 Å². The molecule has 4 rings (SSSR count). The smallest absolute Gasteiger partial charge is 0.433 e. The molecule has 9 heteroatoms. The number of benzene rings is 1. The number of hydrogen-bond donors (Lipinski definition) is 1. The van der Waals surface area contributed by atoms with E-state index in [9.17, 15) is 18.0 Å². The van der Waals surface area contributed by atoms with Gasteiger partial charge in [0.25, 0.3) is 0 Å². The number of aryl methyl sites for hydroxylation is 1. The molecule has 2 atom stereocenters. The molecule has 1 unspecified atom stereocenters. The molecule has 5 nitrogen and oxygen atoms in total. The number of carbonyl (C=O) groups excluding carboxylic acids is 1. The normalized spacial score (nSPS) is 18.1. The van der Waals surface area contributed by atoms with E-state index >= 15 is 0 Å². The Labute approximate surface area is 168 Å². The maximum Gasteiger partial charge on any atom is 0.433 e. The first kappa shape index (κ1) is 19.6. The van der Waals surface area contributed by atoms with Gasteiger partial charge in [-0.2, -0.15) is 13.2 Å². The zero-order valence-corrected chi connectivity index (χ0v) is 16.5. The van der Waals surface area contributed by atoms with Gasteiger partial charge in [-0.3, -0.25) is 9.78 Å². The lowest BCUT2D eigenvalue weighted by Crippen LogP contribution is -2.25. The quantitative estimate of drug-likeness (QED) is 0.669. The molecule has 1 aliphatic rings. The second-order valence-electron chi connectivity index (χ2n) is 7.08. The lowest BCUT2D eigenvalue weighted by atomic mass is 10.0. The number of rotatable bonds is 4. The van der Waals surface area contributed by atoms with E-state index in [1.807, 2.05) is 19.9 Å². The third kappa shape index (κ3) is 4.05. The molecule has 2 aromatic heterocycles. The predicted octanol–water partition coefficient (Wildman–Crippen LogP) is 4.59. The van der Waals surface area contributed by atoms with Crippen molar-refractivity contribution in [3.63, 3.8) is 0 Å². The van der Waals surface area contributed by atoms with Crippen molar-refractivity contribution < 1.29 is 22.7 Å². The van der Waals surface area contributed by atoms with E-state index in [1.54, 1.807) is 6.07 Å². The van der Waals surface area contributed by atoms with Crippen molar-refractivity contribution in [3.05, 3.63) is 41.2 Å². The molecule has 29 heavy (non-hydrogen) atoms. The number of aromatic nitrogens is 2. The summed E-state index contributed by atoms with van der Waals surface area (Å²) in [7, 11) is 0. The summed E-state index contributed by atoms with van der Waals surface area (Å²) in [6.45, 7) is 4.36. The first-order valence-electron chi connectivity index (χ1n) is 9.09. The fourth-order valence-electron chi connectivity index (χ4n) is 3.36. The molecule has 1 amide bonds. The molecule has 3 heterocycles. The Morgan fingerprint density at radius 3 is 2.69 bits per heavy atom. The molecule has 1 aromatic carbocycles. The minimum absolute atomic E-state index is 0.00816. The van der Waals surface area contributed by atoms with E-state index in [-0.39, 0.29) is 17.9 Å². The van der Waals surface area contributed by atoms with E-state index in [1.165, 1.54) is 23.6 Å². The Balaban J connectivity index is 1.70. The van der Waals surface area contributed by atoms with Crippen LogP contribution in [0, 0.1) is 12.8 Å². The second kappa shape index (κ2) is 7.29. The van der Waals surface area contributed by atoms with Gasteiger partial charge in [0.1, 0.15) is 17.5 Å². The summed E-state index contributed by atoms with van der Waals surface area (Å²) >= 11 is 1.49. The number of pyridine rings is 1. The molecule has 0 spiro atoms. The van der Waals surface area contributed by atoms with Gasteiger partial charge in [-0.1, -0.05) is 6.07 Å². The lowest BCUT2D eigenvalue weighted by molar-refractivity contribution is -0.141. The van der Waals surface area contributed by atoms with Crippen LogP contribution in [0.15, 0.2) is 30.5 Å². The number of fused-ring (bicyclic) bond motifs is 1. The second-order valence-corrected chi connectivity index (χ2v) is 8.28. The highest BCUT2D eigenvalue weighted by molar-refractivity contribution is 7.18. The van der Waals surface area contributed by atoms with E-state index < -0.39 is 11.9 Å². The van der Waals surface area contributed by atoms with Gasteiger partial charge in [0.2, 0.25) is 5.91 Å². The number of thiazole rings is 1. The third-order valence-electron chi connectivity index (χ3n) is 4.94. The Morgan fingerprint density at radius 2 is 2.07 bits per heavy atom. The van der Waals surface area contributed by atoms with Gasteiger partial charge in [-0.05, 0) is 37.6 Å². The molecule has 1 fully saturated rings. The van der Waals surface area contributed by atoms with Crippen LogP contribution in [0.2, 0.25) is 0 Å². The molecule has 0 saturated carbocycles. The van der Waals surface area contributed by atoms with Crippen molar-refractivity contribution >= 4 is 27.5 Å². The fourth-order valence-corrected chi connectivity index (χ4v) is 4.21. The molecule has 1 aliphatic heterocycles. The van der Waals surface area contributed by atoms with Gasteiger partial charge in [0.05, 0.1) is 15.2 Å². The van der Waals surface area contributed by atoms with Crippen molar-refractivity contribution in [2.75, 3.05) is 6.54 Å². The van der Waals surface area contributed by atoms with Gasteiger partial charge < -0.3 is 10.1 Å². The largest absolute Gasteiger partial charge is 0.489 e. The van der Waals surface area contributed by atoms with Crippen LogP contribution in [0.5, 0.6) is 5.75 Å². The highest BCUT2D eigenvalue weighted by Gasteiger charge is 2.32. The van der Waals surface area contributed by atoms with Crippen LogP contribution >= 0.6 is 11.3 Å². The summed E-state index contributed by atoms with van der Waals surface area (Å²) in [6.07, 6.45) is -3.07. The first-order chi connectivity index (χ1) is 13.7. The maximum absolute atomic E-state index is 12.8. The third-order valence-corrected chi connectivity index (χ3v) is 5.94. The number of ether oxygens (including phenoxy) is 1. The molecular formula is C20H18F3N3O2S. The average molecular weight is 421 g/mol. The predicted molar refractivity (Wildman–Crippen MR) is 104 cm³/mol. The summed E-state index contributed by atoms with van der Waals surface area (Å²) in [4.78, 5) is 19.6. The van der Waals surface area contributed by atoms with Gasteiger partial charge in [0, 0.05) is 30.6 Å². The fraction of sp³-hybridized carbons (Fsp3) is 0.350. The van der Waals surface area contributed by atoms with E-state index in [4.69, 9.17) is 4.74 Å². The van der Waals surface area contributed by atoms with Crippen LogP contribution < -0.4 is 10.1 Å². The van der Waals surface area contributed by atoms with E-state index in [0.29, 0.717) is 35.4 Å². The molecule has 0 bridgehead atoms. The van der Waals surface area contributed by atoms with Crippen LogP contribution in [0.1, 0.15) is 24.0 Å². The number of carbonyl (C=O) groups is 1. The average Bonchev–Trinajstić information content (AvgIpc) is 3.26. The molecule has 1 saturated heterocycles. The Morgan fingerprint density at radius 1 is 1.28 bits per heavy atom. The molecule has 152 valence electrons. The molecule has 0 aliphatic carbocycles. The number of nitrogens with one attached hydrogen (secondary N) is 1. The molecular weight excluding hydrogens is 403 g/mol. The highest BCUT2D eigenvalue weighted by Crippen LogP contribution is 2.38. The molecule has 3 aromatic rings. The maximum atomic E-state index is 12.8. The topological polar surface area (TPSA) is 64.1 Å². The number of nitrogens with zero attached hydrogens (tertiary/aromatic N) is 2. The molecule has 0 radical (unpaired) electrons. The Hall–Kier alpha value is -2.68. The van der Waals surface area contributed by atoms with Crippen molar-refractivity contribution in [3.8, 4) is 16.9 Å². The van der Waals surface area contributed by atoms with Gasteiger partial charge in [0.15, 0.2) is 0 Å². The number of alkyl halides is 3. The number of halogens is 3. The van der Waals surface area contributed by atoms with Crippen molar-refractivity contribution in [2.24, 2.45) is 5.92 Å². The monoisotopic (exact) mass is 421 g/mol. The van der Waals surface area contributed by atoms with Crippen molar-refractivity contribution in [1.82, 2.24) is 15.3 Å². The van der Waals surface area contributed by atoms with E-state index in [0.717, 1.165) is 15.8 Å². The Kier molecular flexibility index (Phi) is 4.94. The SMILES string of the molecule is Cc1nc2cc(-c3ccc(C(F)(F)F)nc3)cc(OC(C)[C@H]3CNC(=O)C3)c2s1. The van der Waals surface area contributed by atoms with Crippen molar-refractivity contribution in [1.29, 1.82) is 0 Å². The van der Waals surface area contributed by atoms with Crippen molar-refractivity contribution in [2.45, 2.75) is 32.5 Å². The number of amides is 1. The van der Waals surface area contributed by atoms with Crippen LogP contribution in [0.3, 0.4) is 0 Å². The lowest BCUT2D eigenvalue weighted by Gasteiger charge is -2.20. The standard InChI is InChI=1S/C20H18F3N3O2S/c1-10(14-7-18(27)25-9-14)28-16-6-13(5-15-19(16)29-11(2)26-15)12-3-4-17(24-8-12)20(21,22)23/h3-6,8,10,14H,7,9H2,1-2H3,(H,25,27)/t10?,14-/m1/s1. The van der Waals surface area contributed by atoms with Crippen LogP contribution in [-0.4, -0.2) is 28.5 Å². The Bertz CT molecular complexity index is 1060. The molecule has 1 N–H and O–H groups in total. The minimum atomic E-state index is -4.48. The zero-order chi connectivity index (χ0) is 20.8. The van der Waals surface area contributed by atoms with E-state index in [2.05, 4.69) is 15.3 Å². The summed E-state index contributed by atoms with van der Waals surface area (Å²) < 4.78 is 45.4. The van der Waals surface area contributed by atoms with Gasteiger partial charge in [-0.25, -0.2) is 4.98 Å². The summed E-state index contributed by atoms with van der Waals surface area (Å²) in [5.41, 5.74) is 0.996. The van der Waals surface area contributed by atoms with Crippen LogP contribution in [0.25, 0.3) is 21.3 Å². The first-order valence-corrected chi connectivity index (χ1v) is 9.90. The van der Waals surface area contributed by atoms with Gasteiger partial charge in [-0.15, -0.1) is 11.3 Å². The van der Waals surface area contributed by atoms with Crippen LogP contribution in [0.4, 0.5) is 13.2 Å². The zero-order valence-electron chi connectivity index (χ0n) is 15.7. The summed E-state index contributed by atoms with van der Waals surface area (Å²) in [5.74, 6) is 0.673. The van der Waals surface area contributed by atoms with Gasteiger partial charge >= 0.3 is 6.18 Å². The minimum Gasteiger partial charge on any atom is -0.489 e.